The van der Waals surface area contributed by atoms with E-state index in [2.05, 4.69) is 28.8 Å². The maximum absolute atomic E-state index is 12.7. The summed E-state index contributed by atoms with van der Waals surface area (Å²) in [4.78, 5) is 12.7. The lowest BCUT2D eigenvalue weighted by Crippen LogP contribution is -2.24. The van der Waals surface area contributed by atoms with Gasteiger partial charge in [0.25, 0.3) is 5.91 Å². The first kappa shape index (κ1) is 22.6. The number of nitrogens with zero attached hydrogens (tertiary/aromatic N) is 2. The summed E-state index contributed by atoms with van der Waals surface area (Å²) < 4.78 is 1.75. The number of hydrogen-bond acceptors (Lipinski definition) is 2. The fraction of sp³-hybridized carbons (Fsp3) is 0.143. The van der Waals surface area contributed by atoms with E-state index >= 15 is 0 Å². The number of benzene rings is 2. The Morgan fingerprint density at radius 3 is 2.72 bits per heavy atom. The van der Waals surface area contributed by atoms with E-state index in [1.807, 2.05) is 86.0 Å². The third kappa shape index (κ3) is 6.72. The van der Waals surface area contributed by atoms with E-state index in [1.165, 1.54) is 0 Å². The van der Waals surface area contributed by atoms with Gasteiger partial charge in [0.1, 0.15) is 0 Å². The lowest BCUT2D eigenvalue weighted by molar-refractivity contribution is 0.0953. The fourth-order valence-electron chi connectivity index (χ4n) is 3.06. The van der Waals surface area contributed by atoms with Crippen molar-refractivity contribution in [2.75, 3.05) is 6.54 Å². The standard InChI is InChI=1S/C28H27N3O/c1-3-4-6-11-23(2)12-9-19-29-28(32)26-17-18-27(31-21-10-20-30-31)25(22-26)16-15-24-13-7-5-8-14-24/h3-8,10-11,13-14,17-18,20-22H,2,9,12,19H2,1H3,(H,29,32)/b4-3-,11-6-. The number of carbonyl (C=O) groups excluding carboxylic acids is 1. The highest BCUT2D eigenvalue weighted by Crippen LogP contribution is 2.16. The number of aromatic nitrogens is 2. The summed E-state index contributed by atoms with van der Waals surface area (Å²) in [7, 11) is 0. The van der Waals surface area contributed by atoms with Crippen molar-refractivity contribution in [3.05, 3.63) is 120 Å². The molecular weight excluding hydrogens is 394 g/mol. The molecule has 0 spiro atoms. The van der Waals surface area contributed by atoms with Crippen LogP contribution < -0.4 is 5.32 Å². The largest absolute Gasteiger partial charge is 0.352 e. The topological polar surface area (TPSA) is 46.9 Å². The zero-order chi connectivity index (χ0) is 22.6. The molecule has 160 valence electrons. The average Bonchev–Trinajstić information content (AvgIpc) is 3.36. The first-order valence-electron chi connectivity index (χ1n) is 10.6. The zero-order valence-electron chi connectivity index (χ0n) is 18.3. The number of nitrogens with one attached hydrogen (secondary N) is 1. The molecule has 0 unspecified atom stereocenters. The van der Waals surface area contributed by atoms with E-state index in [1.54, 1.807) is 16.9 Å². The van der Waals surface area contributed by atoms with Gasteiger partial charge in [-0.2, -0.15) is 5.10 Å². The third-order valence-electron chi connectivity index (χ3n) is 4.72. The Kier molecular flexibility index (Phi) is 8.42. The quantitative estimate of drug-likeness (QED) is 0.298. The number of amides is 1. The van der Waals surface area contributed by atoms with Gasteiger partial charge in [-0.25, -0.2) is 4.68 Å². The van der Waals surface area contributed by atoms with Gasteiger partial charge in [0, 0.05) is 30.1 Å². The SMILES string of the molecule is C=C(/C=C\C=C/C)CCCNC(=O)c1ccc(-n2cccn2)c(C#Cc2ccccc2)c1. The van der Waals surface area contributed by atoms with Crippen LogP contribution in [0.15, 0.2) is 103 Å². The van der Waals surface area contributed by atoms with E-state index in [4.69, 9.17) is 0 Å². The van der Waals surface area contributed by atoms with E-state index in [0.717, 1.165) is 35.2 Å². The molecule has 3 aromatic rings. The van der Waals surface area contributed by atoms with Crippen molar-refractivity contribution in [2.24, 2.45) is 0 Å². The molecule has 4 heteroatoms. The number of allylic oxidation sites excluding steroid dienone is 5. The molecule has 32 heavy (non-hydrogen) atoms. The van der Waals surface area contributed by atoms with Gasteiger partial charge >= 0.3 is 0 Å². The van der Waals surface area contributed by atoms with Crippen LogP contribution in [0.4, 0.5) is 0 Å². The van der Waals surface area contributed by atoms with E-state index in [0.29, 0.717) is 12.1 Å². The molecule has 0 aliphatic rings. The second-order valence-electron chi connectivity index (χ2n) is 7.20. The Labute approximate surface area is 190 Å². The van der Waals surface area contributed by atoms with Crippen LogP contribution >= 0.6 is 0 Å². The molecule has 1 N–H and O–H groups in total. The van der Waals surface area contributed by atoms with Crippen LogP contribution in [0, 0.1) is 11.8 Å². The lowest BCUT2D eigenvalue weighted by Gasteiger charge is -2.09. The van der Waals surface area contributed by atoms with Crippen molar-refractivity contribution in [1.29, 1.82) is 0 Å². The molecule has 1 heterocycles. The Hall–Kier alpha value is -4.10. The third-order valence-corrected chi connectivity index (χ3v) is 4.72. The van der Waals surface area contributed by atoms with Gasteiger partial charge in [0.05, 0.1) is 11.3 Å². The van der Waals surface area contributed by atoms with Crippen LogP contribution in [-0.4, -0.2) is 22.2 Å². The van der Waals surface area contributed by atoms with Gasteiger partial charge in [-0.3, -0.25) is 4.79 Å². The maximum atomic E-state index is 12.7. The molecule has 3 rings (SSSR count). The highest BCUT2D eigenvalue weighted by Gasteiger charge is 2.10. The van der Waals surface area contributed by atoms with Crippen molar-refractivity contribution in [2.45, 2.75) is 19.8 Å². The lowest BCUT2D eigenvalue weighted by atomic mass is 10.1. The maximum Gasteiger partial charge on any atom is 0.251 e. The predicted octanol–water partition coefficient (Wildman–Crippen LogP) is 5.47. The van der Waals surface area contributed by atoms with Gasteiger partial charge in [-0.05, 0) is 56.2 Å². The van der Waals surface area contributed by atoms with Gasteiger partial charge in [0.2, 0.25) is 0 Å². The van der Waals surface area contributed by atoms with E-state index in [9.17, 15) is 4.79 Å². The Morgan fingerprint density at radius 2 is 1.97 bits per heavy atom. The first-order valence-corrected chi connectivity index (χ1v) is 10.6. The molecule has 0 saturated carbocycles. The number of rotatable bonds is 8. The van der Waals surface area contributed by atoms with Gasteiger partial charge in [-0.1, -0.05) is 66.5 Å². The Morgan fingerprint density at radius 1 is 1.12 bits per heavy atom. The van der Waals surface area contributed by atoms with E-state index < -0.39 is 0 Å². The molecule has 0 atom stereocenters. The van der Waals surface area contributed by atoms with Crippen LogP contribution in [0.5, 0.6) is 0 Å². The van der Waals surface area contributed by atoms with Gasteiger partial charge in [-0.15, -0.1) is 0 Å². The summed E-state index contributed by atoms with van der Waals surface area (Å²) in [6, 6.07) is 17.1. The summed E-state index contributed by atoms with van der Waals surface area (Å²) in [5, 5.41) is 7.30. The minimum atomic E-state index is -0.116. The molecule has 0 saturated heterocycles. The van der Waals surface area contributed by atoms with Crippen LogP contribution in [-0.2, 0) is 0 Å². The molecule has 1 amide bonds. The van der Waals surface area contributed by atoms with Crippen molar-refractivity contribution in [3.63, 3.8) is 0 Å². The highest BCUT2D eigenvalue weighted by molar-refractivity contribution is 5.95. The fourth-order valence-corrected chi connectivity index (χ4v) is 3.06. The normalized spacial score (nSPS) is 10.8. The average molecular weight is 422 g/mol. The van der Waals surface area contributed by atoms with Gasteiger partial charge in [0.15, 0.2) is 0 Å². The second kappa shape index (κ2) is 11.9. The predicted molar refractivity (Wildman–Crippen MR) is 131 cm³/mol. The Bertz CT molecular complexity index is 1160. The van der Waals surface area contributed by atoms with Crippen LogP contribution in [0.25, 0.3) is 5.69 Å². The van der Waals surface area contributed by atoms with E-state index in [-0.39, 0.29) is 5.91 Å². The number of carbonyl (C=O) groups is 1. The van der Waals surface area contributed by atoms with Crippen LogP contribution in [0.1, 0.15) is 41.3 Å². The minimum absolute atomic E-state index is 0.116. The molecule has 0 aliphatic heterocycles. The van der Waals surface area contributed by atoms with Crippen LogP contribution in [0.3, 0.4) is 0 Å². The highest BCUT2D eigenvalue weighted by atomic mass is 16.1. The molecule has 4 nitrogen and oxygen atoms in total. The number of hydrogen-bond donors (Lipinski definition) is 1. The molecule has 0 aliphatic carbocycles. The van der Waals surface area contributed by atoms with Crippen molar-refractivity contribution in [1.82, 2.24) is 15.1 Å². The minimum Gasteiger partial charge on any atom is -0.352 e. The van der Waals surface area contributed by atoms with Crippen molar-refractivity contribution >= 4 is 5.91 Å². The summed E-state index contributed by atoms with van der Waals surface area (Å²) in [6.07, 6.45) is 13.2. The molecule has 1 aromatic heterocycles. The molecule has 0 fully saturated rings. The molecular formula is C28H27N3O. The molecule has 2 aromatic carbocycles. The zero-order valence-corrected chi connectivity index (χ0v) is 18.3. The summed E-state index contributed by atoms with van der Waals surface area (Å²) in [6.45, 7) is 6.60. The van der Waals surface area contributed by atoms with Gasteiger partial charge < -0.3 is 5.32 Å². The molecule has 0 bridgehead atoms. The second-order valence-corrected chi connectivity index (χ2v) is 7.20. The van der Waals surface area contributed by atoms with Crippen molar-refractivity contribution < 1.29 is 4.79 Å². The summed E-state index contributed by atoms with van der Waals surface area (Å²) in [5.74, 6) is 6.26. The smallest absolute Gasteiger partial charge is 0.251 e. The van der Waals surface area contributed by atoms with Crippen LogP contribution in [0.2, 0.25) is 0 Å². The first-order chi connectivity index (χ1) is 15.7. The molecule has 0 radical (unpaired) electrons. The summed E-state index contributed by atoms with van der Waals surface area (Å²) >= 11 is 0. The monoisotopic (exact) mass is 421 g/mol. The summed E-state index contributed by atoms with van der Waals surface area (Å²) in [5.41, 5.74) is 4.11. The van der Waals surface area contributed by atoms with Crippen molar-refractivity contribution in [3.8, 4) is 17.5 Å². The Balaban J connectivity index is 1.70.